The number of fused-ring (bicyclic) bond motifs is 1. The van der Waals surface area contributed by atoms with Crippen LogP contribution in [0.3, 0.4) is 0 Å². The molecule has 5 nitrogen and oxygen atoms in total. The molecule has 0 spiro atoms. The van der Waals surface area contributed by atoms with E-state index in [9.17, 15) is 14.7 Å². The van der Waals surface area contributed by atoms with Crippen LogP contribution in [0.5, 0.6) is 0 Å². The third kappa shape index (κ3) is 3.31. The van der Waals surface area contributed by atoms with Gasteiger partial charge in [0.2, 0.25) is 11.8 Å². The zero-order chi connectivity index (χ0) is 16.6. The van der Waals surface area contributed by atoms with E-state index in [2.05, 4.69) is 23.1 Å². The molecule has 0 radical (unpaired) electrons. The van der Waals surface area contributed by atoms with Crippen LogP contribution in [0.25, 0.3) is 0 Å². The van der Waals surface area contributed by atoms with E-state index in [1.54, 1.807) is 13.8 Å². The van der Waals surface area contributed by atoms with E-state index in [-0.39, 0.29) is 24.8 Å². The van der Waals surface area contributed by atoms with Gasteiger partial charge in [0.1, 0.15) is 0 Å². The monoisotopic (exact) mass is 316 g/mol. The highest BCUT2D eigenvalue weighted by molar-refractivity contribution is 6.05. The lowest BCUT2D eigenvalue weighted by atomic mass is 9.92. The Kier molecular flexibility index (Phi) is 4.25. The van der Waals surface area contributed by atoms with E-state index in [0.717, 1.165) is 19.5 Å². The highest BCUT2D eigenvalue weighted by atomic mass is 16.3. The van der Waals surface area contributed by atoms with Crippen molar-refractivity contribution in [1.29, 1.82) is 0 Å². The van der Waals surface area contributed by atoms with Crippen molar-refractivity contribution in [3.63, 3.8) is 0 Å². The van der Waals surface area contributed by atoms with E-state index >= 15 is 0 Å². The highest BCUT2D eigenvalue weighted by Gasteiger charge is 2.45. The summed E-state index contributed by atoms with van der Waals surface area (Å²) in [5.74, 6) is -0.353. The summed E-state index contributed by atoms with van der Waals surface area (Å²) >= 11 is 0. The normalized spacial score (nSPS) is 22.3. The Morgan fingerprint density at radius 2 is 1.87 bits per heavy atom. The summed E-state index contributed by atoms with van der Waals surface area (Å²) in [5.41, 5.74) is 2.02. The number of rotatable bonds is 4. The van der Waals surface area contributed by atoms with E-state index in [4.69, 9.17) is 0 Å². The smallest absolute Gasteiger partial charge is 0.235 e. The second-order valence-corrected chi connectivity index (χ2v) is 7.28. The summed E-state index contributed by atoms with van der Waals surface area (Å²) in [5, 5.41) is 10.3. The van der Waals surface area contributed by atoms with Gasteiger partial charge in [-0.2, -0.15) is 0 Å². The van der Waals surface area contributed by atoms with Gasteiger partial charge in [-0.3, -0.25) is 19.4 Å². The quantitative estimate of drug-likeness (QED) is 0.848. The van der Waals surface area contributed by atoms with Gasteiger partial charge in [0.05, 0.1) is 18.1 Å². The van der Waals surface area contributed by atoms with Crippen molar-refractivity contribution < 1.29 is 14.7 Å². The molecule has 1 aromatic rings. The Bertz CT molecular complexity index is 626. The molecule has 1 unspecified atom stereocenters. The molecule has 2 amide bonds. The average molecular weight is 316 g/mol. The summed E-state index contributed by atoms with van der Waals surface area (Å²) < 4.78 is 0. The van der Waals surface area contributed by atoms with E-state index in [1.165, 1.54) is 16.0 Å². The first kappa shape index (κ1) is 16.1. The minimum atomic E-state index is -0.706. The number of β-amino-alcohol motifs (C(OH)–C–C–N with tert-alkyl or cyclic N) is 1. The molecular weight excluding hydrogens is 292 g/mol. The fraction of sp³-hybridized carbons (Fsp3) is 0.556. The van der Waals surface area contributed by atoms with Crippen LogP contribution in [0.4, 0.5) is 0 Å². The third-order valence-corrected chi connectivity index (χ3v) is 4.79. The largest absolute Gasteiger partial charge is 0.390 e. The van der Waals surface area contributed by atoms with Crippen LogP contribution in [0.2, 0.25) is 0 Å². The van der Waals surface area contributed by atoms with Gasteiger partial charge in [-0.1, -0.05) is 38.1 Å². The van der Waals surface area contributed by atoms with Gasteiger partial charge in [-0.15, -0.1) is 0 Å². The van der Waals surface area contributed by atoms with Crippen LogP contribution in [0.1, 0.15) is 31.4 Å². The number of imide groups is 1. The standard InChI is InChI=1S/C18H24N2O3/c1-18(2)9-16(22)20(17(18)23)12-15(21)11-19-8-7-13-5-3-4-6-14(13)10-19/h3-6,15,21H,7-12H2,1-2H3. The molecule has 1 fully saturated rings. The molecule has 0 aliphatic carbocycles. The van der Waals surface area contributed by atoms with Gasteiger partial charge in [-0.25, -0.2) is 0 Å². The molecule has 0 aromatic heterocycles. The molecule has 0 saturated carbocycles. The molecule has 2 heterocycles. The molecule has 3 rings (SSSR count). The summed E-state index contributed by atoms with van der Waals surface area (Å²) in [6.07, 6.45) is 0.495. The van der Waals surface area contributed by atoms with Gasteiger partial charge in [0.15, 0.2) is 0 Å². The summed E-state index contributed by atoms with van der Waals surface area (Å²) in [4.78, 5) is 27.6. The lowest BCUT2D eigenvalue weighted by Crippen LogP contribution is -2.44. The first-order valence-corrected chi connectivity index (χ1v) is 8.19. The van der Waals surface area contributed by atoms with Crippen LogP contribution in [-0.2, 0) is 22.6 Å². The van der Waals surface area contributed by atoms with E-state index in [0.29, 0.717) is 6.54 Å². The van der Waals surface area contributed by atoms with E-state index < -0.39 is 11.5 Å². The van der Waals surface area contributed by atoms with Crippen molar-refractivity contribution >= 4 is 11.8 Å². The minimum Gasteiger partial charge on any atom is -0.390 e. The Hall–Kier alpha value is -1.72. The SMILES string of the molecule is CC1(C)CC(=O)N(CC(O)CN2CCc3ccccc3C2)C1=O. The predicted molar refractivity (Wildman–Crippen MR) is 86.5 cm³/mol. The fourth-order valence-corrected chi connectivity index (χ4v) is 3.49. The number of hydrogen-bond donors (Lipinski definition) is 1. The van der Waals surface area contributed by atoms with Gasteiger partial charge >= 0.3 is 0 Å². The lowest BCUT2D eigenvalue weighted by Gasteiger charge is -2.31. The molecule has 5 heteroatoms. The van der Waals surface area contributed by atoms with Gasteiger partial charge in [0, 0.05) is 26.1 Å². The Morgan fingerprint density at radius 3 is 2.52 bits per heavy atom. The maximum atomic E-state index is 12.2. The van der Waals surface area contributed by atoms with Crippen LogP contribution in [0, 0.1) is 5.41 Å². The maximum absolute atomic E-state index is 12.2. The molecular formula is C18H24N2O3. The number of nitrogens with zero attached hydrogens (tertiary/aromatic N) is 2. The van der Waals surface area contributed by atoms with Crippen LogP contribution in [0.15, 0.2) is 24.3 Å². The second kappa shape index (κ2) is 6.06. The number of carbonyl (C=O) groups is 2. The van der Waals surface area contributed by atoms with Crippen molar-refractivity contribution in [2.24, 2.45) is 5.41 Å². The van der Waals surface area contributed by atoms with E-state index in [1.807, 2.05) is 6.07 Å². The van der Waals surface area contributed by atoms with Crippen LogP contribution >= 0.6 is 0 Å². The molecule has 1 atom stereocenters. The molecule has 0 bridgehead atoms. The minimum absolute atomic E-state index is 0.0965. The lowest BCUT2D eigenvalue weighted by molar-refractivity contribution is -0.142. The van der Waals surface area contributed by atoms with Crippen molar-refractivity contribution in [3.8, 4) is 0 Å². The zero-order valence-corrected chi connectivity index (χ0v) is 13.8. The summed E-state index contributed by atoms with van der Waals surface area (Å²) in [6, 6.07) is 8.34. The molecule has 1 aromatic carbocycles. The topological polar surface area (TPSA) is 60.9 Å². The number of hydrogen-bond acceptors (Lipinski definition) is 4. The Labute approximate surface area is 136 Å². The first-order valence-electron chi connectivity index (χ1n) is 8.19. The summed E-state index contributed by atoms with van der Waals surface area (Å²) in [6.45, 7) is 5.83. The van der Waals surface area contributed by atoms with Crippen molar-refractivity contribution in [3.05, 3.63) is 35.4 Å². The number of aliphatic hydroxyl groups excluding tert-OH is 1. The molecule has 23 heavy (non-hydrogen) atoms. The molecule has 2 aliphatic rings. The third-order valence-electron chi connectivity index (χ3n) is 4.79. The van der Waals surface area contributed by atoms with Gasteiger partial charge in [-0.05, 0) is 17.5 Å². The number of carbonyl (C=O) groups excluding carboxylic acids is 2. The second-order valence-electron chi connectivity index (χ2n) is 7.28. The first-order chi connectivity index (χ1) is 10.9. The Morgan fingerprint density at radius 1 is 1.17 bits per heavy atom. The highest BCUT2D eigenvalue weighted by Crippen LogP contribution is 2.31. The zero-order valence-electron chi connectivity index (χ0n) is 13.8. The fourth-order valence-electron chi connectivity index (χ4n) is 3.49. The molecule has 1 N–H and O–H groups in total. The molecule has 2 aliphatic heterocycles. The van der Waals surface area contributed by atoms with Gasteiger partial charge < -0.3 is 5.11 Å². The van der Waals surface area contributed by atoms with Crippen LogP contribution < -0.4 is 0 Å². The van der Waals surface area contributed by atoms with Crippen molar-refractivity contribution in [2.45, 2.75) is 39.3 Å². The number of benzene rings is 1. The van der Waals surface area contributed by atoms with Crippen molar-refractivity contribution in [1.82, 2.24) is 9.80 Å². The number of amides is 2. The Balaban J connectivity index is 1.57. The predicted octanol–water partition coefficient (Wildman–Crippen LogP) is 1.19. The maximum Gasteiger partial charge on any atom is 0.235 e. The molecule has 124 valence electrons. The average Bonchev–Trinajstić information content (AvgIpc) is 2.69. The summed E-state index contributed by atoms with van der Waals surface area (Å²) in [7, 11) is 0. The molecule has 1 saturated heterocycles. The van der Waals surface area contributed by atoms with Crippen LogP contribution in [-0.4, -0.2) is 52.5 Å². The van der Waals surface area contributed by atoms with Gasteiger partial charge in [0.25, 0.3) is 0 Å². The number of likely N-dealkylation sites (tertiary alicyclic amines) is 1. The number of aliphatic hydroxyl groups is 1. The van der Waals surface area contributed by atoms with Crippen molar-refractivity contribution in [2.75, 3.05) is 19.6 Å².